The summed E-state index contributed by atoms with van der Waals surface area (Å²) in [4.78, 5) is 24.7. The minimum atomic E-state index is -4.89. The summed E-state index contributed by atoms with van der Waals surface area (Å²) < 4.78 is 67.3. The monoisotopic (exact) mass is 499 g/mol. The number of hydrogen-bond donors (Lipinski definition) is 3. The number of carbonyl (C=O) groups is 2. The Morgan fingerprint density at radius 2 is 1.68 bits per heavy atom. The van der Waals surface area contributed by atoms with E-state index in [0.29, 0.717) is 0 Å². The van der Waals surface area contributed by atoms with Crippen molar-refractivity contribution in [1.29, 1.82) is 0 Å². The van der Waals surface area contributed by atoms with E-state index in [1.54, 1.807) is 0 Å². The van der Waals surface area contributed by atoms with Crippen LogP contribution in [0, 0.1) is 0 Å². The molecule has 34 heavy (non-hydrogen) atoms. The predicted molar refractivity (Wildman–Crippen MR) is 116 cm³/mol. The van der Waals surface area contributed by atoms with Crippen LogP contribution in [0.25, 0.3) is 0 Å². The molecule has 0 bridgehead atoms. The molecule has 0 saturated heterocycles. The molecule has 3 rings (SSSR count). The molecule has 2 amide bonds. The molecule has 2 aromatic carbocycles. The van der Waals surface area contributed by atoms with Gasteiger partial charge in [-0.05, 0) is 42.7 Å². The number of ether oxygens (including phenoxy) is 1. The van der Waals surface area contributed by atoms with Crippen LogP contribution in [-0.4, -0.2) is 45.2 Å². The Kier molecular flexibility index (Phi) is 8.15. The van der Waals surface area contributed by atoms with Gasteiger partial charge in [-0.3, -0.25) is 9.59 Å². The molecular weight excluding hydrogens is 475 g/mol. The zero-order valence-corrected chi connectivity index (χ0v) is 18.8. The van der Waals surface area contributed by atoms with E-state index < -0.39 is 34.1 Å². The third kappa shape index (κ3) is 8.34. The molecule has 0 spiro atoms. The van der Waals surface area contributed by atoms with Gasteiger partial charge in [0, 0.05) is 25.4 Å². The number of benzene rings is 2. The summed E-state index contributed by atoms with van der Waals surface area (Å²) in [6, 6.07) is 12.1. The smallest absolute Gasteiger partial charge is 0.406 e. The number of hydrogen-bond acceptors (Lipinski definition) is 5. The number of alkyl halides is 3. The van der Waals surface area contributed by atoms with Crippen LogP contribution in [0.2, 0.25) is 0 Å². The van der Waals surface area contributed by atoms with Crippen molar-refractivity contribution in [1.82, 2.24) is 15.4 Å². The van der Waals surface area contributed by atoms with Gasteiger partial charge in [0.25, 0.3) is 0 Å². The lowest BCUT2D eigenvalue weighted by Crippen LogP contribution is -2.49. The van der Waals surface area contributed by atoms with Crippen molar-refractivity contribution in [2.24, 2.45) is 0 Å². The van der Waals surface area contributed by atoms with Crippen molar-refractivity contribution in [3.63, 3.8) is 0 Å². The summed E-state index contributed by atoms with van der Waals surface area (Å²) >= 11 is 0. The highest BCUT2D eigenvalue weighted by Crippen LogP contribution is 2.24. The molecule has 2 aromatic rings. The Morgan fingerprint density at radius 3 is 2.26 bits per heavy atom. The molecular formula is C22H24F3N3O5S. The first kappa shape index (κ1) is 25.5. The second-order valence-corrected chi connectivity index (χ2v) is 9.53. The van der Waals surface area contributed by atoms with E-state index in [1.165, 1.54) is 0 Å². The van der Waals surface area contributed by atoms with E-state index in [9.17, 15) is 31.2 Å². The number of halogens is 3. The third-order valence-corrected chi connectivity index (χ3v) is 6.35. The largest absolute Gasteiger partial charge is 0.573 e. The van der Waals surface area contributed by atoms with E-state index in [4.69, 9.17) is 0 Å². The highest BCUT2D eigenvalue weighted by atomic mass is 32.2. The standard InChI is InChI=1S/C22H24F3N3O5S/c23-22(24,25)33-17-8-10-18(11-9-17)34(31,32)26-13-12-20(29)28-19(21(30)27-16-6-7-16)14-15-4-2-1-3-5-15/h1-5,8-11,16,19,26H,6-7,12-14H2,(H,27,30)(H,28,29). The Hall–Kier alpha value is -3.12. The van der Waals surface area contributed by atoms with E-state index >= 15 is 0 Å². The summed E-state index contributed by atoms with van der Waals surface area (Å²) in [5.74, 6) is -1.38. The van der Waals surface area contributed by atoms with Crippen molar-refractivity contribution in [2.45, 2.75) is 49.0 Å². The molecule has 0 radical (unpaired) electrons. The molecule has 0 aliphatic heterocycles. The van der Waals surface area contributed by atoms with Gasteiger partial charge in [0.15, 0.2) is 0 Å². The Balaban J connectivity index is 1.52. The van der Waals surface area contributed by atoms with E-state index in [1.807, 2.05) is 30.3 Å². The van der Waals surface area contributed by atoms with Crippen LogP contribution in [0.3, 0.4) is 0 Å². The average molecular weight is 500 g/mol. The van der Waals surface area contributed by atoms with Gasteiger partial charge in [-0.1, -0.05) is 30.3 Å². The van der Waals surface area contributed by atoms with Gasteiger partial charge in [-0.2, -0.15) is 0 Å². The average Bonchev–Trinajstić information content (AvgIpc) is 3.57. The maximum absolute atomic E-state index is 12.5. The van der Waals surface area contributed by atoms with E-state index in [-0.39, 0.29) is 36.2 Å². The number of sulfonamides is 1. The van der Waals surface area contributed by atoms with Crippen LogP contribution in [-0.2, 0) is 26.0 Å². The van der Waals surface area contributed by atoms with Gasteiger partial charge >= 0.3 is 6.36 Å². The predicted octanol–water partition coefficient (Wildman–Crippen LogP) is 2.26. The van der Waals surface area contributed by atoms with Gasteiger partial charge < -0.3 is 15.4 Å². The molecule has 1 fully saturated rings. The van der Waals surface area contributed by atoms with Crippen LogP contribution in [0.4, 0.5) is 13.2 Å². The Labute approximate surface area is 194 Å². The minimum Gasteiger partial charge on any atom is -0.406 e. The summed E-state index contributed by atoms with van der Waals surface area (Å²) in [5.41, 5.74) is 0.859. The van der Waals surface area contributed by atoms with Gasteiger partial charge in [-0.15, -0.1) is 13.2 Å². The van der Waals surface area contributed by atoms with E-state index in [2.05, 4.69) is 20.1 Å². The molecule has 1 unspecified atom stereocenters. The zero-order chi connectivity index (χ0) is 24.8. The quantitative estimate of drug-likeness (QED) is 0.439. The van der Waals surface area contributed by atoms with Gasteiger partial charge in [0.1, 0.15) is 11.8 Å². The second kappa shape index (κ2) is 10.9. The van der Waals surface area contributed by atoms with Crippen molar-refractivity contribution >= 4 is 21.8 Å². The minimum absolute atomic E-state index is 0.113. The maximum Gasteiger partial charge on any atom is 0.573 e. The topological polar surface area (TPSA) is 114 Å². The maximum atomic E-state index is 12.5. The summed E-state index contributed by atoms with van der Waals surface area (Å²) in [6.45, 7) is -0.267. The number of amides is 2. The summed E-state index contributed by atoms with van der Waals surface area (Å²) in [5, 5.41) is 5.50. The van der Waals surface area contributed by atoms with E-state index in [0.717, 1.165) is 42.7 Å². The summed E-state index contributed by atoms with van der Waals surface area (Å²) in [7, 11) is -4.06. The lowest BCUT2D eigenvalue weighted by atomic mass is 10.0. The van der Waals surface area contributed by atoms with Crippen LogP contribution in [0.5, 0.6) is 5.75 Å². The van der Waals surface area contributed by atoms with Crippen molar-refractivity contribution in [3.05, 3.63) is 60.2 Å². The summed E-state index contributed by atoms with van der Waals surface area (Å²) in [6.07, 6.45) is -3.06. The highest BCUT2D eigenvalue weighted by molar-refractivity contribution is 7.89. The lowest BCUT2D eigenvalue weighted by molar-refractivity contribution is -0.274. The van der Waals surface area contributed by atoms with Crippen molar-refractivity contribution in [3.8, 4) is 5.75 Å². The molecule has 3 N–H and O–H groups in total. The zero-order valence-electron chi connectivity index (χ0n) is 18.0. The normalized spacial score (nSPS) is 14.8. The van der Waals surface area contributed by atoms with Crippen molar-refractivity contribution in [2.75, 3.05) is 6.54 Å². The highest BCUT2D eigenvalue weighted by Gasteiger charge is 2.31. The second-order valence-electron chi connectivity index (χ2n) is 7.76. The number of carbonyl (C=O) groups excluding carboxylic acids is 2. The molecule has 184 valence electrons. The van der Waals surface area contributed by atoms with Crippen molar-refractivity contribution < 1.29 is 35.9 Å². The van der Waals surface area contributed by atoms with Gasteiger partial charge in [-0.25, -0.2) is 13.1 Å². The van der Waals surface area contributed by atoms with Gasteiger partial charge in [0.05, 0.1) is 4.90 Å². The molecule has 1 saturated carbocycles. The first-order valence-corrected chi connectivity index (χ1v) is 12.0. The lowest BCUT2D eigenvalue weighted by Gasteiger charge is -2.19. The Bertz CT molecular complexity index is 1090. The van der Waals surface area contributed by atoms with Crippen LogP contribution in [0.15, 0.2) is 59.5 Å². The third-order valence-electron chi connectivity index (χ3n) is 4.87. The Morgan fingerprint density at radius 1 is 1.03 bits per heavy atom. The molecule has 1 atom stereocenters. The molecule has 1 aliphatic carbocycles. The first-order valence-electron chi connectivity index (χ1n) is 10.5. The van der Waals surface area contributed by atoms with Crippen LogP contribution >= 0.6 is 0 Å². The SMILES string of the molecule is O=C(CCNS(=O)(=O)c1ccc(OC(F)(F)F)cc1)NC(Cc1ccccc1)C(=O)NC1CC1. The molecule has 8 nitrogen and oxygen atoms in total. The molecule has 0 aromatic heterocycles. The molecule has 1 aliphatic rings. The fourth-order valence-corrected chi connectivity index (χ4v) is 4.09. The first-order chi connectivity index (χ1) is 16.0. The molecule has 12 heteroatoms. The number of nitrogens with one attached hydrogen (secondary N) is 3. The molecule has 0 heterocycles. The fourth-order valence-electron chi connectivity index (χ4n) is 3.06. The van der Waals surface area contributed by atoms with Gasteiger partial charge in [0.2, 0.25) is 21.8 Å². The van der Waals surface area contributed by atoms with Crippen LogP contribution < -0.4 is 20.1 Å². The fraction of sp³-hybridized carbons (Fsp3) is 0.364. The van der Waals surface area contributed by atoms with Crippen LogP contribution in [0.1, 0.15) is 24.8 Å². The number of rotatable bonds is 11.